The van der Waals surface area contributed by atoms with E-state index in [0.29, 0.717) is 6.04 Å². The quantitative estimate of drug-likeness (QED) is 0.638. The minimum Gasteiger partial charge on any atom is -0.316 e. The van der Waals surface area contributed by atoms with E-state index in [-0.39, 0.29) is 0 Å². The summed E-state index contributed by atoms with van der Waals surface area (Å²) in [6.07, 6.45) is 2.64. The first-order chi connectivity index (χ1) is 5.72. The summed E-state index contributed by atoms with van der Waals surface area (Å²) in [5.41, 5.74) is 1.27. The Morgan fingerprint density at radius 2 is 2.42 bits per heavy atom. The second kappa shape index (κ2) is 4.63. The van der Waals surface area contributed by atoms with Crippen molar-refractivity contribution >= 4 is 0 Å². The molecule has 1 saturated heterocycles. The number of likely N-dealkylation sites (N-methyl/N-ethyl adjacent to an activating group) is 1. The molecule has 0 bridgehead atoms. The Labute approximate surface area is 75.6 Å². The number of rotatable bonds is 3. The van der Waals surface area contributed by atoms with Gasteiger partial charge >= 0.3 is 0 Å². The fourth-order valence-corrected chi connectivity index (χ4v) is 1.82. The molecule has 1 heterocycles. The molecule has 2 nitrogen and oxygen atoms in total. The third-order valence-corrected chi connectivity index (χ3v) is 2.41. The number of nitrogens with one attached hydrogen (secondary N) is 1. The van der Waals surface area contributed by atoms with Crippen LogP contribution in [0.4, 0.5) is 0 Å². The van der Waals surface area contributed by atoms with Crippen molar-refractivity contribution < 1.29 is 0 Å². The maximum Gasteiger partial charge on any atom is 0.0192 e. The summed E-state index contributed by atoms with van der Waals surface area (Å²) in [6, 6.07) is 0.693. The molecule has 1 N–H and O–H groups in total. The molecule has 1 atom stereocenters. The predicted octanol–water partition coefficient (Wildman–Crippen LogP) is 1.25. The van der Waals surface area contributed by atoms with Gasteiger partial charge in [-0.1, -0.05) is 12.2 Å². The van der Waals surface area contributed by atoms with Gasteiger partial charge in [-0.25, -0.2) is 0 Å². The monoisotopic (exact) mass is 168 g/mol. The van der Waals surface area contributed by atoms with Gasteiger partial charge in [0.05, 0.1) is 0 Å². The first-order valence-corrected chi connectivity index (χ1v) is 4.76. The summed E-state index contributed by atoms with van der Waals surface area (Å²) in [5.74, 6) is 0. The third-order valence-electron chi connectivity index (χ3n) is 2.41. The van der Waals surface area contributed by atoms with Crippen LogP contribution < -0.4 is 5.32 Å². The Morgan fingerprint density at radius 1 is 1.67 bits per heavy atom. The van der Waals surface area contributed by atoms with Gasteiger partial charge in [-0.2, -0.15) is 0 Å². The van der Waals surface area contributed by atoms with E-state index in [4.69, 9.17) is 0 Å². The van der Waals surface area contributed by atoms with E-state index >= 15 is 0 Å². The molecule has 1 aliphatic heterocycles. The third kappa shape index (κ3) is 2.95. The molecule has 1 aliphatic rings. The van der Waals surface area contributed by atoms with Gasteiger partial charge < -0.3 is 5.32 Å². The molecule has 12 heavy (non-hydrogen) atoms. The normalized spacial score (nSPS) is 25.7. The second-order valence-electron chi connectivity index (χ2n) is 3.82. The molecule has 0 radical (unpaired) electrons. The lowest BCUT2D eigenvalue weighted by Gasteiger charge is -2.32. The maximum absolute atomic E-state index is 3.94. The highest BCUT2D eigenvalue weighted by molar-refractivity contribution is 4.93. The molecule has 2 heteroatoms. The zero-order valence-corrected chi connectivity index (χ0v) is 8.27. The van der Waals surface area contributed by atoms with Crippen molar-refractivity contribution in [2.75, 3.05) is 26.7 Å². The highest BCUT2D eigenvalue weighted by atomic mass is 15.2. The average molecular weight is 168 g/mol. The van der Waals surface area contributed by atoms with Crippen LogP contribution in [-0.2, 0) is 0 Å². The Hall–Kier alpha value is -0.340. The van der Waals surface area contributed by atoms with Gasteiger partial charge in [0.25, 0.3) is 0 Å². The van der Waals surface area contributed by atoms with Crippen molar-refractivity contribution in [1.82, 2.24) is 10.2 Å². The summed E-state index contributed by atoms with van der Waals surface area (Å²) in [5, 5.41) is 3.34. The summed E-state index contributed by atoms with van der Waals surface area (Å²) in [7, 11) is 2.05. The topological polar surface area (TPSA) is 15.3 Å². The molecule has 0 aromatic carbocycles. The van der Waals surface area contributed by atoms with Gasteiger partial charge in [0.2, 0.25) is 0 Å². The van der Waals surface area contributed by atoms with Gasteiger partial charge in [0.1, 0.15) is 0 Å². The SMILES string of the molecule is C=C(C)CN1CCCC(NC)C1. The lowest BCUT2D eigenvalue weighted by Crippen LogP contribution is -2.44. The van der Waals surface area contributed by atoms with Crippen molar-refractivity contribution in [2.45, 2.75) is 25.8 Å². The van der Waals surface area contributed by atoms with Crippen LogP contribution in [0, 0.1) is 0 Å². The summed E-state index contributed by atoms with van der Waals surface area (Å²) in [6.45, 7) is 9.53. The van der Waals surface area contributed by atoms with E-state index < -0.39 is 0 Å². The molecule has 70 valence electrons. The second-order valence-corrected chi connectivity index (χ2v) is 3.82. The van der Waals surface area contributed by atoms with Crippen LogP contribution >= 0.6 is 0 Å². The van der Waals surface area contributed by atoms with E-state index in [1.54, 1.807) is 0 Å². The Balaban J connectivity index is 2.30. The lowest BCUT2D eigenvalue weighted by atomic mass is 10.1. The maximum atomic E-state index is 3.94. The van der Waals surface area contributed by atoms with Crippen LogP contribution in [0.3, 0.4) is 0 Å². The number of hydrogen-bond donors (Lipinski definition) is 1. The molecule has 1 unspecified atom stereocenters. The number of hydrogen-bond acceptors (Lipinski definition) is 2. The molecule has 0 spiro atoms. The summed E-state index contributed by atoms with van der Waals surface area (Å²) in [4.78, 5) is 2.48. The predicted molar refractivity (Wildman–Crippen MR) is 53.3 cm³/mol. The first-order valence-electron chi connectivity index (χ1n) is 4.76. The Kier molecular flexibility index (Phi) is 3.76. The van der Waals surface area contributed by atoms with Crippen LogP contribution in [0.5, 0.6) is 0 Å². The Bertz CT molecular complexity index is 154. The standard InChI is InChI=1S/C10H20N2/c1-9(2)7-12-6-4-5-10(8-12)11-3/h10-11H,1,4-8H2,2-3H3. The van der Waals surface area contributed by atoms with Crippen molar-refractivity contribution in [3.63, 3.8) is 0 Å². The smallest absolute Gasteiger partial charge is 0.0192 e. The molecule has 1 rings (SSSR count). The van der Waals surface area contributed by atoms with Crippen molar-refractivity contribution in [3.8, 4) is 0 Å². The van der Waals surface area contributed by atoms with Crippen LogP contribution in [-0.4, -0.2) is 37.6 Å². The van der Waals surface area contributed by atoms with Gasteiger partial charge in [-0.05, 0) is 33.4 Å². The molecule has 0 aromatic rings. The fraction of sp³-hybridized carbons (Fsp3) is 0.800. The molecule has 0 aromatic heterocycles. The zero-order valence-electron chi connectivity index (χ0n) is 8.27. The molecular formula is C10H20N2. The summed E-state index contributed by atoms with van der Waals surface area (Å²) >= 11 is 0. The summed E-state index contributed by atoms with van der Waals surface area (Å²) < 4.78 is 0. The largest absolute Gasteiger partial charge is 0.316 e. The number of likely N-dealkylation sites (tertiary alicyclic amines) is 1. The number of nitrogens with zero attached hydrogens (tertiary/aromatic N) is 1. The highest BCUT2D eigenvalue weighted by Gasteiger charge is 2.17. The molecule has 0 amide bonds. The van der Waals surface area contributed by atoms with Crippen LogP contribution in [0.1, 0.15) is 19.8 Å². The molecular weight excluding hydrogens is 148 g/mol. The van der Waals surface area contributed by atoms with Gasteiger partial charge in [0, 0.05) is 19.1 Å². The van der Waals surface area contributed by atoms with E-state index in [1.807, 2.05) is 0 Å². The first kappa shape index (κ1) is 9.75. The van der Waals surface area contributed by atoms with Crippen LogP contribution in [0.25, 0.3) is 0 Å². The Morgan fingerprint density at radius 3 is 3.00 bits per heavy atom. The van der Waals surface area contributed by atoms with Crippen molar-refractivity contribution in [1.29, 1.82) is 0 Å². The zero-order chi connectivity index (χ0) is 8.97. The molecule has 1 fully saturated rings. The van der Waals surface area contributed by atoms with E-state index in [1.165, 1.54) is 31.5 Å². The van der Waals surface area contributed by atoms with Gasteiger partial charge in [-0.15, -0.1) is 0 Å². The van der Waals surface area contributed by atoms with Crippen LogP contribution in [0.15, 0.2) is 12.2 Å². The van der Waals surface area contributed by atoms with E-state index in [9.17, 15) is 0 Å². The fourth-order valence-electron chi connectivity index (χ4n) is 1.82. The van der Waals surface area contributed by atoms with E-state index in [2.05, 4.69) is 30.8 Å². The minimum atomic E-state index is 0.693. The van der Waals surface area contributed by atoms with Gasteiger partial charge in [-0.3, -0.25) is 4.90 Å². The van der Waals surface area contributed by atoms with Crippen LogP contribution in [0.2, 0.25) is 0 Å². The van der Waals surface area contributed by atoms with E-state index in [0.717, 1.165) is 6.54 Å². The van der Waals surface area contributed by atoms with Crippen molar-refractivity contribution in [3.05, 3.63) is 12.2 Å². The molecule has 0 saturated carbocycles. The van der Waals surface area contributed by atoms with Crippen molar-refractivity contribution in [2.24, 2.45) is 0 Å². The minimum absolute atomic E-state index is 0.693. The average Bonchev–Trinajstić information content (AvgIpc) is 2.03. The lowest BCUT2D eigenvalue weighted by molar-refractivity contribution is 0.209. The van der Waals surface area contributed by atoms with Gasteiger partial charge in [0.15, 0.2) is 0 Å². The molecule has 0 aliphatic carbocycles. The highest BCUT2D eigenvalue weighted by Crippen LogP contribution is 2.10. The number of piperidine rings is 1.